The Kier molecular flexibility index (Phi) is 5.63. The average molecular weight is 385 g/mol. The zero-order valence-corrected chi connectivity index (χ0v) is 14.1. The van der Waals surface area contributed by atoms with Crippen molar-refractivity contribution in [3.63, 3.8) is 0 Å². The van der Waals surface area contributed by atoms with Crippen LogP contribution in [-0.2, 0) is 11.0 Å². The smallest absolute Gasteiger partial charge is 0.416 e. The molecule has 26 heavy (non-hydrogen) atoms. The predicted molar refractivity (Wildman–Crippen MR) is 87.0 cm³/mol. The highest BCUT2D eigenvalue weighted by atomic mass is 35.5. The minimum atomic E-state index is -4.53. The first-order valence-corrected chi connectivity index (χ1v) is 7.54. The van der Waals surface area contributed by atoms with Crippen LogP contribution >= 0.6 is 11.6 Å². The van der Waals surface area contributed by atoms with Gasteiger partial charge in [-0.05, 0) is 37.3 Å². The van der Waals surface area contributed by atoms with Crippen molar-refractivity contribution < 1.29 is 27.4 Å². The van der Waals surface area contributed by atoms with E-state index in [4.69, 9.17) is 32.1 Å². The molecule has 2 N–H and O–H groups in total. The first kappa shape index (κ1) is 19.4. The standard InChI is InChI=1S/C17H12ClF3N2O3/c1-9(16(23)24)25-15-7-12(4-2-10(15)8-22)26-14-5-3-11(6-13(14)18)17(19,20)21/h2-7,9H,1H3,(H2,23,24). The number of ether oxygens (including phenoxy) is 2. The van der Waals surface area contributed by atoms with Gasteiger partial charge in [-0.2, -0.15) is 18.4 Å². The fourth-order valence-electron chi connectivity index (χ4n) is 1.89. The molecule has 0 aromatic heterocycles. The highest BCUT2D eigenvalue weighted by Crippen LogP contribution is 2.37. The quantitative estimate of drug-likeness (QED) is 0.833. The van der Waals surface area contributed by atoms with Crippen LogP contribution in [0.25, 0.3) is 0 Å². The molecule has 0 aliphatic rings. The molecule has 1 amide bonds. The maximum Gasteiger partial charge on any atom is 0.416 e. The van der Waals surface area contributed by atoms with Gasteiger partial charge in [0.25, 0.3) is 5.91 Å². The Bertz CT molecular complexity index is 879. The van der Waals surface area contributed by atoms with E-state index in [0.29, 0.717) is 0 Å². The van der Waals surface area contributed by atoms with Gasteiger partial charge in [0.1, 0.15) is 23.3 Å². The van der Waals surface area contributed by atoms with Crippen LogP contribution in [0.15, 0.2) is 36.4 Å². The number of nitrogens with two attached hydrogens (primary N) is 1. The lowest BCUT2D eigenvalue weighted by atomic mass is 10.2. The Labute approximate surface area is 151 Å². The second-order valence-corrected chi connectivity index (χ2v) is 5.58. The maximum absolute atomic E-state index is 12.7. The van der Waals surface area contributed by atoms with E-state index >= 15 is 0 Å². The molecule has 0 spiro atoms. The van der Waals surface area contributed by atoms with Crippen LogP contribution in [0, 0.1) is 11.3 Å². The van der Waals surface area contributed by atoms with Gasteiger partial charge in [-0.25, -0.2) is 0 Å². The van der Waals surface area contributed by atoms with Gasteiger partial charge in [0, 0.05) is 6.07 Å². The fourth-order valence-corrected chi connectivity index (χ4v) is 2.11. The van der Waals surface area contributed by atoms with E-state index < -0.39 is 23.8 Å². The highest BCUT2D eigenvalue weighted by molar-refractivity contribution is 6.32. The largest absolute Gasteiger partial charge is 0.479 e. The van der Waals surface area contributed by atoms with Crippen molar-refractivity contribution in [2.45, 2.75) is 19.2 Å². The van der Waals surface area contributed by atoms with Crippen molar-refractivity contribution in [2.75, 3.05) is 0 Å². The second-order valence-electron chi connectivity index (χ2n) is 5.18. The van der Waals surface area contributed by atoms with Crippen LogP contribution in [0.4, 0.5) is 13.2 Å². The lowest BCUT2D eigenvalue weighted by molar-refractivity contribution is -0.137. The molecule has 5 nitrogen and oxygen atoms in total. The molecule has 0 radical (unpaired) electrons. The number of carbonyl (C=O) groups excluding carboxylic acids is 1. The number of hydrogen-bond donors (Lipinski definition) is 1. The van der Waals surface area contributed by atoms with Gasteiger partial charge in [0.2, 0.25) is 0 Å². The number of amides is 1. The summed E-state index contributed by atoms with van der Waals surface area (Å²) < 4.78 is 48.8. The van der Waals surface area contributed by atoms with E-state index in [1.807, 2.05) is 6.07 Å². The van der Waals surface area contributed by atoms with Crippen LogP contribution in [0.2, 0.25) is 5.02 Å². The van der Waals surface area contributed by atoms with Crippen molar-refractivity contribution in [3.8, 4) is 23.3 Å². The molecule has 2 aromatic carbocycles. The molecule has 0 saturated heterocycles. The van der Waals surface area contributed by atoms with Gasteiger partial charge >= 0.3 is 6.18 Å². The summed E-state index contributed by atoms with van der Waals surface area (Å²) in [6.45, 7) is 1.41. The van der Waals surface area contributed by atoms with Gasteiger partial charge in [-0.3, -0.25) is 4.79 Å². The van der Waals surface area contributed by atoms with E-state index in [-0.39, 0.29) is 27.8 Å². The van der Waals surface area contributed by atoms with Gasteiger partial charge < -0.3 is 15.2 Å². The molecule has 1 atom stereocenters. The van der Waals surface area contributed by atoms with Gasteiger partial charge in [-0.15, -0.1) is 0 Å². The Morgan fingerprint density at radius 3 is 2.46 bits per heavy atom. The third-order valence-corrected chi connectivity index (χ3v) is 3.56. The third-order valence-electron chi connectivity index (χ3n) is 3.26. The molecule has 0 heterocycles. The zero-order chi connectivity index (χ0) is 19.5. The van der Waals surface area contributed by atoms with E-state index in [1.165, 1.54) is 25.1 Å². The van der Waals surface area contributed by atoms with Crippen molar-refractivity contribution in [1.29, 1.82) is 5.26 Å². The SMILES string of the molecule is CC(Oc1cc(Oc2ccc(C(F)(F)F)cc2Cl)ccc1C#N)C(N)=O. The van der Waals surface area contributed by atoms with Crippen LogP contribution in [0.1, 0.15) is 18.1 Å². The number of carbonyl (C=O) groups is 1. The molecule has 2 aromatic rings. The monoisotopic (exact) mass is 384 g/mol. The molecule has 0 aliphatic carbocycles. The lowest BCUT2D eigenvalue weighted by Crippen LogP contribution is -2.30. The van der Waals surface area contributed by atoms with Crippen LogP contribution in [0.5, 0.6) is 17.2 Å². The highest BCUT2D eigenvalue weighted by Gasteiger charge is 2.31. The molecule has 0 saturated carbocycles. The van der Waals surface area contributed by atoms with Gasteiger partial charge in [0.05, 0.1) is 16.1 Å². The van der Waals surface area contributed by atoms with Crippen molar-refractivity contribution >= 4 is 17.5 Å². The summed E-state index contributed by atoms with van der Waals surface area (Å²) in [5.74, 6) is -0.555. The molecule has 9 heteroatoms. The number of rotatable bonds is 5. The Morgan fingerprint density at radius 2 is 1.92 bits per heavy atom. The Morgan fingerprint density at radius 1 is 1.23 bits per heavy atom. The number of nitrogens with zero attached hydrogens (tertiary/aromatic N) is 1. The summed E-state index contributed by atoms with van der Waals surface area (Å²) in [5.41, 5.74) is 4.34. The molecule has 0 aliphatic heterocycles. The van der Waals surface area contributed by atoms with Crippen molar-refractivity contribution in [3.05, 3.63) is 52.5 Å². The van der Waals surface area contributed by atoms with E-state index in [0.717, 1.165) is 18.2 Å². The van der Waals surface area contributed by atoms with Crippen LogP contribution in [0.3, 0.4) is 0 Å². The average Bonchev–Trinajstić information content (AvgIpc) is 2.56. The molecule has 1 unspecified atom stereocenters. The zero-order valence-electron chi connectivity index (χ0n) is 13.3. The van der Waals surface area contributed by atoms with Crippen LogP contribution < -0.4 is 15.2 Å². The number of hydrogen-bond acceptors (Lipinski definition) is 4. The number of halogens is 4. The Balaban J connectivity index is 2.30. The number of alkyl halides is 3. The lowest BCUT2D eigenvalue weighted by Gasteiger charge is -2.15. The van der Waals surface area contributed by atoms with E-state index in [1.54, 1.807) is 0 Å². The molecular formula is C17H12ClF3N2O3. The topological polar surface area (TPSA) is 85.3 Å². The van der Waals surface area contributed by atoms with Gasteiger partial charge in [-0.1, -0.05) is 11.6 Å². The summed E-state index contributed by atoms with van der Waals surface area (Å²) in [5, 5.41) is 8.85. The minimum Gasteiger partial charge on any atom is -0.479 e. The second kappa shape index (κ2) is 7.54. The van der Waals surface area contributed by atoms with Crippen molar-refractivity contribution in [2.24, 2.45) is 5.73 Å². The molecule has 136 valence electrons. The predicted octanol–water partition coefficient (Wildman–Crippen LogP) is 4.28. The van der Waals surface area contributed by atoms with Crippen LogP contribution in [-0.4, -0.2) is 12.0 Å². The first-order chi connectivity index (χ1) is 12.1. The van der Waals surface area contributed by atoms with Gasteiger partial charge in [0.15, 0.2) is 6.10 Å². The molecule has 0 fully saturated rings. The fraction of sp³-hybridized carbons (Fsp3) is 0.176. The normalized spacial score (nSPS) is 12.2. The summed E-state index contributed by atoms with van der Waals surface area (Å²) in [6.07, 6.45) is -5.52. The summed E-state index contributed by atoms with van der Waals surface area (Å²) in [7, 11) is 0. The summed E-state index contributed by atoms with van der Waals surface area (Å²) in [4.78, 5) is 11.1. The summed E-state index contributed by atoms with van der Waals surface area (Å²) >= 11 is 5.84. The molecular weight excluding hydrogens is 373 g/mol. The molecule has 0 bridgehead atoms. The van der Waals surface area contributed by atoms with E-state index in [2.05, 4.69) is 0 Å². The minimum absolute atomic E-state index is 0.0155. The number of benzene rings is 2. The number of primary amides is 1. The Hall–Kier alpha value is -2.92. The third kappa shape index (κ3) is 4.58. The number of nitriles is 1. The maximum atomic E-state index is 12.7. The van der Waals surface area contributed by atoms with E-state index in [9.17, 15) is 18.0 Å². The summed E-state index contributed by atoms with van der Waals surface area (Å²) in [6, 6.07) is 8.63. The first-order valence-electron chi connectivity index (χ1n) is 7.16. The molecule has 2 rings (SSSR count). The van der Waals surface area contributed by atoms with Crippen molar-refractivity contribution in [1.82, 2.24) is 0 Å².